The molecular formula is C11H14N8OS. The van der Waals surface area contributed by atoms with E-state index < -0.39 is 0 Å². The average Bonchev–Trinajstić information content (AvgIpc) is 3.06. The Morgan fingerprint density at radius 3 is 2.95 bits per heavy atom. The Morgan fingerprint density at radius 1 is 1.24 bits per heavy atom. The third-order valence-electron chi connectivity index (χ3n) is 2.86. The first-order chi connectivity index (χ1) is 10.3. The first kappa shape index (κ1) is 13.8. The van der Waals surface area contributed by atoms with E-state index in [9.17, 15) is 4.79 Å². The van der Waals surface area contributed by atoms with Gasteiger partial charge in [0.15, 0.2) is 5.65 Å². The molecule has 0 aliphatic carbocycles. The number of thioether (sulfide) groups is 1. The third kappa shape index (κ3) is 2.81. The van der Waals surface area contributed by atoms with Gasteiger partial charge in [-0.1, -0.05) is 17.8 Å². The molecule has 0 aliphatic rings. The molecule has 21 heavy (non-hydrogen) atoms. The predicted octanol–water partition coefficient (Wildman–Crippen LogP) is -0.767. The smallest absolute Gasteiger partial charge is 0.329 e. The summed E-state index contributed by atoms with van der Waals surface area (Å²) in [4.78, 5) is 12.1. The minimum absolute atomic E-state index is 0.146. The standard InChI is InChI=1S/C11H14N8OS/c12-4-6-18-10(13-15-16-18)21-8-7-19-11(20)17-5-2-1-3-9(17)14-19/h1-3,5H,4,6-8,12H2. The predicted molar refractivity (Wildman–Crippen MR) is 77.0 cm³/mol. The second-order valence-electron chi connectivity index (χ2n) is 4.26. The fraction of sp³-hybridized carbons (Fsp3) is 0.364. The summed E-state index contributed by atoms with van der Waals surface area (Å²) in [6.45, 7) is 1.54. The van der Waals surface area contributed by atoms with E-state index in [1.807, 2.05) is 6.07 Å². The topological polar surface area (TPSA) is 109 Å². The van der Waals surface area contributed by atoms with Crippen LogP contribution in [0, 0.1) is 0 Å². The van der Waals surface area contributed by atoms with E-state index >= 15 is 0 Å². The van der Waals surface area contributed by atoms with Crippen molar-refractivity contribution in [2.24, 2.45) is 5.73 Å². The second-order valence-corrected chi connectivity index (χ2v) is 5.32. The molecule has 0 radical (unpaired) electrons. The van der Waals surface area contributed by atoms with Crippen LogP contribution in [-0.4, -0.2) is 46.7 Å². The van der Waals surface area contributed by atoms with Crippen LogP contribution in [0.1, 0.15) is 0 Å². The van der Waals surface area contributed by atoms with Crippen LogP contribution in [0.5, 0.6) is 0 Å². The molecule has 0 fully saturated rings. The van der Waals surface area contributed by atoms with Crippen LogP contribution in [0.2, 0.25) is 0 Å². The van der Waals surface area contributed by atoms with E-state index in [4.69, 9.17) is 5.73 Å². The summed E-state index contributed by atoms with van der Waals surface area (Å²) < 4.78 is 4.61. The summed E-state index contributed by atoms with van der Waals surface area (Å²) >= 11 is 1.47. The minimum atomic E-state index is -0.146. The molecule has 0 aromatic carbocycles. The Morgan fingerprint density at radius 2 is 2.14 bits per heavy atom. The Kier molecular flexibility index (Phi) is 3.97. The molecule has 2 N–H and O–H groups in total. The van der Waals surface area contributed by atoms with Gasteiger partial charge in [-0.2, -0.15) is 0 Å². The van der Waals surface area contributed by atoms with Crippen molar-refractivity contribution in [3.63, 3.8) is 0 Å². The summed E-state index contributed by atoms with van der Waals surface area (Å²) in [5, 5.41) is 16.4. The number of rotatable bonds is 6. The van der Waals surface area contributed by atoms with Gasteiger partial charge in [-0.15, -0.1) is 10.2 Å². The molecule has 0 saturated heterocycles. The lowest BCUT2D eigenvalue weighted by Crippen LogP contribution is -2.22. The van der Waals surface area contributed by atoms with Crippen molar-refractivity contribution in [3.05, 3.63) is 34.9 Å². The molecule has 0 atom stereocenters. The van der Waals surface area contributed by atoms with Crippen molar-refractivity contribution in [1.82, 2.24) is 34.4 Å². The molecule has 0 amide bonds. The van der Waals surface area contributed by atoms with Gasteiger partial charge in [0.2, 0.25) is 5.16 Å². The maximum absolute atomic E-state index is 12.1. The van der Waals surface area contributed by atoms with Crippen molar-refractivity contribution >= 4 is 17.4 Å². The fourth-order valence-corrected chi connectivity index (χ4v) is 2.72. The van der Waals surface area contributed by atoms with E-state index in [1.54, 1.807) is 23.0 Å². The van der Waals surface area contributed by atoms with E-state index in [2.05, 4.69) is 20.6 Å². The highest BCUT2D eigenvalue weighted by Gasteiger charge is 2.08. The SMILES string of the molecule is NCCn1nnnc1SCCn1nc2ccccn2c1=O. The van der Waals surface area contributed by atoms with Gasteiger partial charge >= 0.3 is 5.69 Å². The number of nitrogens with zero attached hydrogens (tertiary/aromatic N) is 7. The van der Waals surface area contributed by atoms with Crippen LogP contribution >= 0.6 is 11.8 Å². The molecule has 0 saturated carbocycles. The molecule has 0 unspecified atom stereocenters. The lowest BCUT2D eigenvalue weighted by molar-refractivity contribution is 0.556. The molecular weight excluding hydrogens is 292 g/mol. The van der Waals surface area contributed by atoms with E-state index in [-0.39, 0.29) is 5.69 Å². The normalized spacial score (nSPS) is 11.3. The molecule has 3 aromatic rings. The number of tetrazole rings is 1. The molecule has 0 bridgehead atoms. The van der Waals surface area contributed by atoms with Crippen molar-refractivity contribution in [2.45, 2.75) is 18.2 Å². The number of hydrogen-bond acceptors (Lipinski definition) is 7. The largest absolute Gasteiger partial charge is 0.350 e. The van der Waals surface area contributed by atoms with E-state index in [0.717, 1.165) is 0 Å². The number of pyridine rings is 1. The van der Waals surface area contributed by atoms with Crippen molar-refractivity contribution in [3.8, 4) is 0 Å². The number of aromatic nitrogens is 7. The Hall–Kier alpha value is -2.20. The van der Waals surface area contributed by atoms with Gasteiger partial charge in [-0.3, -0.25) is 4.40 Å². The Balaban J connectivity index is 1.68. The minimum Gasteiger partial charge on any atom is -0.329 e. The van der Waals surface area contributed by atoms with E-state index in [1.165, 1.54) is 20.8 Å². The maximum Gasteiger partial charge on any atom is 0.350 e. The van der Waals surface area contributed by atoms with Crippen LogP contribution in [0.25, 0.3) is 5.65 Å². The van der Waals surface area contributed by atoms with Crippen LogP contribution in [0.4, 0.5) is 0 Å². The van der Waals surface area contributed by atoms with Crippen LogP contribution in [-0.2, 0) is 13.1 Å². The monoisotopic (exact) mass is 306 g/mol. The van der Waals surface area contributed by atoms with Gasteiger partial charge < -0.3 is 5.73 Å². The van der Waals surface area contributed by atoms with Gasteiger partial charge in [0.05, 0.1) is 13.1 Å². The highest BCUT2D eigenvalue weighted by atomic mass is 32.2. The zero-order chi connectivity index (χ0) is 14.7. The molecule has 0 aliphatic heterocycles. The van der Waals surface area contributed by atoms with Gasteiger partial charge in [-0.05, 0) is 22.6 Å². The van der Waals surface area contributed by atoms with Gasteiger partial charge in [0, 0.05) is 18.5 Å². The number of hydrogen-bond donors (Lipinski definition) is 1. The van der Waals surface area contributed by atoms with Crippen molar-refractivity contribution in [1.29, 1.82) is 0 Å². The van der Waals surface area contributed by atoms with Crippen LogP contribution < -0.4 is 11.4 Å². The summed E-state index contributed by atoms with van der Waals surface area (Å²) in [7, 11) is 0. The molecule has 10 heteroatoms. The zero-order valence-electron chi connectivity index (χ0n) is 11.2. The second kappa shape index (κ2) is 6.06. The first-order valence-electron chi connectivity index (χ1n) is 6.43. The molecule has 3 heterocycles. The van der Waals surface area contributed by atoms with E-state index in [0.29, 0.717) is 36.2 Å². The quantitative estimate of drug-likeness (QED) is 0.596. The fourth-order valence-electron chi connectivity index (χ4n) is 1.90. The van der Waals surface area contributed by atoms with Gasteiger partial charge in [-0.25, -0.2) is 14.2 Å². The number of nitrogens with two attached hydrogens (primary N) is 1. The number of fused-ring (bicyclic) bond motifs is 1. The lowest BCUT2D eigenvalue weighted by atomic mass is 10.5. The van der Waals surface area contributed by atoms with Gasteiger partial charge in [0.25, 0.3) is 0 Å². The van der Waals surface area contributed by atoms with Crippen LogP contribution in [0.3, 0.4) is 0 Å². The summed E-state index contributed by atoms with van der Waals surface area (Å²) in [5.74, 6) is 0.648. The molecule has 110 valence electrons. The molecule has 3 aromatic heterocycles. The zero-order valence-corrected chi connectivity index (χ0v) is 12.0. The molecule has 3 rings (SSSR count). The Bertz CT molecular complexity index is 791. The summed E-state index contributed by atoms with van der Waals surface area (Å²) in [6.07, 6.45) is 1.70. The lowest BCUT2D eigenvalue weighted by Gasteiger charge is -2.01. The number of aryl methyl sites for hydroxylation is 1. The molecule has 0 spiro atoms. The average molecular weight is 306 g/mol. The third-order valence-corrected chi connectivity index (χ3v) is 3.80. The first-order valence-corrected chi connectivity index (χ1v) is 7.41. The molecule has 9 nitrogen and oxygen atoms in total. The van der Waals surface area contributed by atoms with Crippen LogP contribution in [0.15, 0.2) is 34.3 Å². The maximum atomic E-state index is 12.1. The highest BCUT2D eigenvalue weighted by Crippen LogP contribution is 2.13. The summed E-state index contributed by atoms with van der Waals surface area (Å²) in [5.41, 5.74) is 5.98. The summed E-state index contributed by atoms with van der Waals surface area (Å²) in [6, 6.07) is 5.45. The van der Waals surface area contributed by atoms with Gasteiger partial charge in [0.1, 0.15) is 0 Å². The highest BCUT2D eigenvalue weighted by molar-refractivity contribution is 7.99. The van der Waals surface area contributed by atoms with Crippen molar-refractivity contribution < 1.29 is 0 Å². The Labute approximate surface area is 123 Å². The van der Waals surface area contributed by atoms with Crippen molar-refractivity contribution in [2.75, 3.05) is 12.3 Å².